The van der Waals surface area contributed by atoms with E-state index in [1.807, 2.05) is 6.07 Å². The first-order chi connectivity index (χ1) is 8.25. The summed E-state index contributed by atoms with van der Waals surface area (Å²) in [5, 5.41) is 10.1. The predicted octanol–water partition coefficient (Wildman–Crippen LogP) is 2.78. The summed E-state index contributed by atoms with van der Waals surface area (Å²) < 4.78 is 0. The maximum atomic E-state index is 11.2. The minimum Gasteiger partial charge on any atom is -0.476 e. The summed E-state index contributed by atoms with van der Waals surface area (Å²) in [6.07, 6.45) is 5.60. The Kier molecular flexibility index (Phi) is 2.40. The number of pyridine rings is 1. The van der Waals surface area contributed by atoms with Gasteiger partial charge in [-0.2, -0.15) is 0 Å². The SMILES string of the molecule is O=C(O)c1nc(C2CC2)sc1-c1cccnc1. The lowest BCUT2D eigenvalue weighted by molar-refractivity contribution is 0.0692. The third-order valence-corrected chi connectivity index (χ3v) is 3.96. The van der Waals surface area contributed by atoms with Gasteiger partial charge >= 0.3 is 5.97 Å². The topological polar surface area (TPSA) is 63.1 Å². The zero-order chi connectivity index (χ0) is 11.8. The highest BCUT2D eigenvalue weighted by Crippen LogP contribution is 2.44. The van der Waals surface area contributed by atoms with Crippen LogP contribution >= 0.6 is 11.3 Å². The summed E-state index contributed by atoms with van der Waals surface area (Å²) in [6, 6.07) is 3.67. The van der Waals surface area contributed by atoms with Gasteiger partial charge < -0.3 is 5.11 Å². The van der Waals surface area contributed by atoms with Crippen molar-refractivity contribution < 1.29 is 9.90 Å². The van der Waals surface area contributed by atoms with Gasteiger partial charge in [0.2, 0.25) is 0 Å². The zero-order valence-corrected chi connectivity index (χ0v) is 9.78. The molecule has 1 aliphatic rings. The van der Waals surface area contributed by atoms with Crippen LogP contribution in [0.3, 0.4) is 0 Å². The molecular weight excluding hydrogens is 236 g/mol. The first kappa shape index (κ1) is 10.4. The fourth-order valence-electron chi connectivity index (χ4n) is 1.68. The lowest BCUT2D eigenvalue weighted by Crippen LogP contribution is -1.99. The summed E-state index contributed by atoms with van der Waals surface area (Å²) >= 11 is 1.48. The van der Waals surface area contributed by atoms with Crippen molar-refractivity contribution in [2.45, 2.75) is 18.8 Å². The molecule has 3 rings (SSSR count). The van der Waals surface area contributed by atoms with Gasteiger partial charge in [-0.25, -0.2) is 9.78 Å². The van der Waals surface area contributed by atoms with E-state index < -0.39 is 5.97 Å². The van der Waals surface area contributed by atoms with Gasteiger partial charge in [-0.1, -0.05) is 6.07 Å². The molecule has 0 spiro atoms. The molecule has 0 aromatic carbocycles. The number of aromatic carboxylic acids is 1. The molecule has 1 aliphatic carbocycles. The lowest BCUT2D eigenvalue weighted by Gasteiger charge is -1.96. The number of carboxylic acids is 1. The standard InChI is InChI=1S/C12H10N2O2S/c15-12(16)9-10(8-2-1-5-13-6-8)17-11(14-9)7-3-4-7/h1-2,5-7H,3-4H2,(H,15,16). The molecule has 17 heavy (non-hydrogen) atoms. The zero-order valence-electron chi connectivity index (χ0n) is 8.96. The van der Waals surface area contributed by atoms with Crippen LogP contribution < -0.4 is 0 Å². The molecule has 5 heteroatoms. The molecule has 0 atom stereocenters. The summed E-state index contributed by atoms with van der Waals surface area (Å²) in [5.41, 5.74) is 0.985. The predicted molar refractivity (Wildman–Crippen MR) is 64.3 cm³/mol. The van der Waals surface area contributed by atoms with Gasteiger partial charge in [-0.05, 0) is 18.9 Å². The number of carbonyl (C=O) groups is 1. The molecule has 4 nitrogen and oxygen atoms in total. The van der Waals surface area contributed by atoms with E-state index in [0.717, 1.165) is 23.4 Å². The normalized spacial score (nSPS) is 14.8. The van der Waals surface area contributed by atoms with Gasteiger partial charge in [0, 0.05) is 23.9 Å². The molecule has 2 aromatic heterocycles. The molecule has 1 N–H and O–H groups in total. The number of nitrogens with zero attached hydrogens (tertiary/aromatic N) is 2. The number of hydrogen-bond acceptors (Lipinski definition) is 4. The van der Waals surface area contributed by atoms with Crippen molar-refractivity contribution >= 4 is 17.3 Å². The molecule has 0 bridgehead atoms. The number of aromatic nitrogens is 2. The minimum absolute atomic E-state index is 0.157. The average Bonchev–Trinajstić information content (AvgIpc) is 3.09. The molecule has 86 valence electrons. The summed E-state index contributed by atoms with van der Waals surface area (Å²) in [5.74, 6) is -0.490. The Morgan fingerprint density at radius 3 is 2.88 bits per heavy atom. The van der Waals surface area contributed by atoms with Crippen molar-refractivity contribution in [2.75, 3.05) is 0 Å². The molecule has 0 saturated heterocycles. The Morgan fingerprint density at radius 2 is 2.29 bits per heavy atom. The van der Waals surface area contributed by atoms with E-state index in [1.165, 1.54) is 11.3 Å². The van der Waals surface area contributed by atoms with Gasteiger partial charge in [-0.15, -0.1) is 11.3 Å². The van der Waals surface area contributed by atoms with E-state index in [0.29, 0.717) is 10.8 Å². The van der Waals surface area contributed by atoms with Crippen molar-refractivity contribution in [2.24, 2.45) is 0 Å². The van der Waals surface area contributed by atoms with E-state index in [9.17, 15) is 4.79 Å². The Balaban J connectivity index is 2.10. The molecule has 2 aromatic rings. The highest BCUT2D eigenvalue weighted by molar-refractivity contribution is 7.15. The van der Waals surface area contributed by atoms with Gasteiger partial charge in [0.1, 0.15) is 0 Å². The maximum Gasteiger partial charge on any atom is 0.356 e. The average molecular weight is 246 g/mol. The molecule has 1 fully saturated rings. The van der Waals surface area contributed by atoms with E-state index >= 15 is 0 Å². The molecule has 0 aliphatic heterocycles. The second kappa shape index (κ2) is 3.92. The second-order valence-corrected chi connectivity index (χ2v) is 5.08. The van der Waals surface area contributed by atoms with E-state index in [2.05, 4.69) is 9.97 Å². The van der Waals surface area contributed by atoms with Crippen molar-refractivity contribution in [3.05, 3.63) is 35.2 Å². The minimum atomic E-state index is -0.966. The van der Waals surface area contributed by atoms with E-state index in [1.54, 1.807) is 18.5 Å². The van der Waals surface area contributed by atoms with Crippen LogP contribution in [-0.2, 0) is 0 Å². The third-order valence-electron chi connectivity index (χ3n) is 2.70. The molecule has 1 saturated carbocycles. The number of rotatable bonds is 3. The van der Waals surface area contributed by atoms with Gasteiger partial charge in [0.05, 0.1) is 9.88 Å². The van der Waals surface area contributed by atoms with Gasteiger partial charge in [-0.3, -0.25) is 4.98 Å². The van der Waals surface area contributed by atoms with Crippen molar-refractivity contribution in [1.82, 2.24) is 9.97 Å². The summed E-state index contributed by atoms with van der Waals surface area (Å²) in [6.45, 7) is 0. The first-order valence-corrected chi connectivity index (χ1v) is 6.22. The highest BCUT2D eigenvalue weighted by Gasteiger charge is 2.30. The van der Waals surface area contributed by atoms with Crippen molar-refractivity contribution in [3.63, 3.8) is 0 Å². The third kappa shape index (κ3) is 1.93. The quantitative estimate of drug-likeness (QED) is 0.904. The Morgan fingerprint density at radius 1 is 1.47 bits per heavy atom. The molecular formula is C12H10N2O2S. The van der Waals surface area contributed by atoms with Gasteiger partial charge in [0.25, 0.3) is 0 Å². The maximum absolute atomic E-state index is 11.2. The molecule has 2 heterocycles. The van der Waals surface area contributed by atoms with E-state index in [-0.39, 0.29) is 5.69 Å². The van der Waals surface area contributed by atoms with Crippen LogP contribution in [0.4, 0.5) is 0 Å². The number of carboxylic acid groups (broad SMARTS) is 1. The van der Waals surface area contributed by atoms with Crippen LogP contribution in [0.15, 0.2) is 24.5 Å². The first-order valence-electron chi connectivity index (χ1n) is 5.40. The Bertz CT molecular complexity index is 561. The number of hydrogen-bond donors (Lipinski definition) is 1. The monoisotopic (exact) mass is 246 g/mol. The number of thiazole rings is 1. The summed E-state index contributed by atoms with van der Waals surface area (Å²) in [7, 11) is 0. The van der Waals surface area contributed by atoms with Crippen molar-refractivity contribution in [3.8, 4) is 10.4 Å². The smallest absolute Gasteiger partial charge is 0.356 e. The van der Waals surface area contributed by atoms with Crippen LogP contribution in [-0.4, -0.2) is 21.0 Å². The lowest BCUT2D eigenvalue weighted by atomic mass is 10.2. The Hall–Kier alpha value is -1.75. The molecule has 0 amide bonds. The fourth-order valence-corrected chi connectivity index (χ4v) is 2.90. The second-order valence-electron chi connectivity index (χ2n) is 4.05. The largest absolute Gasteiger partial charge is 0.476 e. The summed E-state index contributed by atoms with van der Waals surface area (Å²) in [4.78, 5) is 20.1. The molecule has 0 unspecified atom stereocenters. The van der Waals surface area contributed by atoms with Crippen LogP contribution in [0.2, 0.25) is 0 Å². The van der Waals surface area contributed by atoms with E-state index in [4.69, 9.17) is 5.11 Å². The van der Waals surface area contributed by atoms with Crippen LogP contribution in [0.1, 0.15) is 34.3 Å². The van der Waals surface area contributed by atoms with Crippen LogP contribution in [0.25, 0.3) is 10.4 Å². The van der Waals surface area contributed by atoms with Gasteiger partial charge in [0.15, 0.2) is 5.69 Å². The van der Waals surface area contributed by atoms with Crippen LogP contribution in [0, 0.1) is 0 Å². The molecule has 0 radical (unpaired) electrons. The Labute approximate surface area is 102 Å². The van der Waals surface area contributed by atoms with Crippen molar-refractivity contribution in [1.29, 1.82) is 0 Å². The highest BCUT2D eigenvalue weighted by atomic mass is 32.1. The fraction of sp³-hybridized carbons (Fsp3) is 0.250. The van der Waals surface area contributed by atoms with Crippen LogP contribution in [0.5, 0.6) is 0 Å².